The SMILES string of the molecule is Cc1nc2ccccc2n1Cc1c(C(N)=O)nc2n1C1C=C(C1)c1ccc(C#C[C@]3(O)CCN(C)C3=O)cc1-2. The lowest BCUT2D eigenvalue weighted by molar-refractivity contribution is -0.137. The van der Waals surface area contributed by atoms with Crippen LogP contribution in [0.5, 0.6) is 0 Å². The first kappa shape index (κ1) is 23.4. The summed E-state index contributed by atoms with van der Waals surface area (Å²) in [5.74, 6) is 6.33. The number of aliphatic hydroxyl groups is 1. The van der Waals surface area contributed by atoms with Crippen molar-refractivity contribution >= 4 is 28.4 Å². The van der Waals surface area contributed by atoms with Gasteiger partial charge in [0, 0.05) is 31.1 Å². The van der Waals surface area contributed by atoms with E-state index >= 15 is 0 Å². The van der Waals surface area contributed by atoms with Crippen LogP contribution in [0.1, 0.15) is 52.0 Å². The second kappa shape index (κ2) is 8.16. The molecular weight excluding hydrogens is 492 g/mol. The summed E-state index contributed by atoms with van der Waals surface area (Å²) in [5.41, 5.74) is 10.8. The number of carbonyl (C=O) groups is 2. The molecule has 1 aliphatic carbocycles. The Kier molecular flexibility index (Phi) is 4.90. The van der Waals surface area contributed by atoms with Gasteiger partial charge in [-0.05, 0) is 48.7 Å². The minimum Gasteiger partial charge on any atom is -0.369 e. The highest BCUT2D eigenvalue weighted by molar-refractivity contribution is 5.95. The summed E-state index contributed by atoms with van der Waals surface area (Å²) < 4.78 is 4.20. The number of imidazole rings is 2. The van der Waals surface area contributed by atoms with Gasteiger partial charge in [0.25, 0.3) is 11.8 Å². The Hall–Kier alpha value is -4.68. The number of rotatable bonds is 3. The lowest BCUT2D eigenvalue weighted by Gasteiger charge is -2.26. The zero-order chi connectivity index (χ0) is 27.1. The molecule has 2 bridgehead atoms. The maximum atomic E-state index is 12.7. The summed E-state index contributed by atoms with van der Waals surface area (Å²) in [6.45, 7) is 2.81. The number of hydrogen-bond donors (Lipinski definition) is 2. The van der Waals surface area contributed by atoms with Crippen molar-refractivity contribution in [2.24, 2.45) is 5.73 Å². The van der Waals surface area contributed by atoms with E-state index in [2.05, 4.69) is 32.0 Å². The van der Waals surface area contributed by atoms with Crippen LogP contribution in [0.3, 0.4) is 0 Å². The highest BCUT2D eigenvalue weighted by Gasteiger charge is 2.42. The molecule has 0 spiro atoms. The third-order valence-electron chi connectivity index (χ3n) is 8.08. The fourth-order valence-electron chi connectivity index (χ4n) is 5.93. The smallest absolute Gasteiger partial charge is 0.269 e. The van der Waals surface area contributed by atoms with Crippen LogP contribution >= 0.6 is 0 Å². The van der Waals surface area contributed by atoms with E-state index < -0.39 is 11.5 Å². The summed E-state index contributed by atoms with van der Waals surface area (Å²) in [6.07, 6.45) is 3.29. The van der Waals surface area contributed by atoms with Crippen molar-refractivity contribution in [2.75, 3.05) is 13.6 Å². The molecular formula is C30H26N6O3. The van der Waals surface area contributed by atoms with Gasteiger partial charge in [-0.2, -0.15) is 0 Å². The van der Waals surface area contributed by atoms with Crippen molar-refractivity contribution in [1.82, 2.24) is 24.0 Å². The van der Waals surface area contributed by atoms with Crippen LogP contribution < -0.4 is 5.73 Å². The predicted octanol–water partition coefficient (Wildman–Crippen LogP) is 2.64. The first-order valence-corrected chi connectivity index (χ1v) is 12.9. The van der Waals surface area contributed by atoms with Crippen molar-refractivity contribution < 1.29 is 14.7 Å². The van der Waals surface area contributed by atoms with Crippen molar-refractivity contribution in [3.8, 4) is 23.2 Å². The maximum absolute atomic E-state index is 12.7. The molecule has 3 aliphatic heterocycles. The number of hydrogen-bond acceptors (Lipinski definition) is 5. The van der Waals surface area contributed by atoms with E-state index in [1.165, 1.54) is 10.5 Å². The molecule has 0 radical (unpaired) electrons. The third kappa shape index (κ3) is 3.45. The fraction of sp³-hybridized carbons (Fsp3) is 0.267. The number of allylic oxidation sites excluding steroid dienone is 2. The van der Waals surface area contributed by atoms with E-state index in [0.717, 1.165) is 40.1 Å². The second-order valence-electron chi connectivity index (χ2n) is 10.5. The van der Waals surface area contributed by atoms with E-state index in [4.69, 9.17) is 10.7 Å². The number of likely N-dealkylation sites (N-methyl/N-ethyl adjacent to an activating group) is 1. The minimum atomic E-state index is -1.68. The number of likely N-dealkylation sites (tertiary alicyclic amines) is 1. The molecule has 2 amide bonds. The number of aromatic nitrogens is 4. The summed E-state index contributed by atoms with van der Waals surface area (Å²) in [7, 11) is 1.66. The molecule has 3 N–H and O–H groups in total. The van der Waals surface area contributed by atoms with Gasteiger partial charge in [-0.3, -0.25) is 9.59 Å². The highest BCUT2D eigenvalue weighted by Crippen LogP contribution is 2.48. The molecule has 2 aromatic carbocycles. The van der Waals surface area contributed by atoms with Crippen LogP contribution in [0, 0.1) is 18.8 Å². The number of para-hydroxylation sites is 2. The summed E-state index contributed by atoms with van der Waals surface area (Å²) in [6, 6.07) is 13.8. The molecule has 2 atom stereocenters. The molecule has 2 aromatic heterocycles. The van der Waals surface area contributed by atoms with E-state index in [-0.39, 0.29) is 24.1 Å². The Morgan fingerprint density at radius 3 is 2.74 bits per heavy atom. The van der Waals surface area contributed by atoms with E-state index in [1.54, 1.807) is 7.05 Å². The lowest BCUT2D eigenvalue weighted by Crippen LogP contribution is -2.37. The van der Waals surface area contributed by atoms with Crippen LogP contribution in [0.15, 0.2) is 48.5 Å². The van der Waals surface area contributed by atoms with Gasteiger partial charge in [-0.1, -0.05) is 36.1 Å². The van der Waals surface area contributed by atoms with Gasteiger partial charge in [0.1, 0.15) is 11.6 Å². The Morgan fingerprint density at radius 2 is 2.00 bits per heavy atom. The average Bonchev–Trinajstić information content (AvgIpc) is 3.44. The molecule has 0 saturated carbocycles. The zero-order valence-electron chi connectivity index (χ0n) is 21.6. The van der Waals surface area contributed by atoms with E-state index in [9.17, 15) is 14.7 Å². The number of nitrogens with two attached hydrogens (primary N) is 1. The van der Waals surface area contributed by atoms with Gasteiger partial charge in [-0.25, -0.2) is 9.97 Å². The van der Waals surface area contributed by atoms with Crippen LogP contribution in [-0.2, 0) is 11.3 Å². The number of aryl methyl sites for hydroxylation is 1. The number of nitrogens with zero attached hydrogens (tertiary/aromatic N) is 5. The third-order valence-corrected chi connectivity index (χ3v) is 8.08. The zero-order valence-corrected chi connectivity index (χ0v) is 21.6. The van der Waals surface area contributed by atoms with Gasteiger partial charge in [0.05, 0.1) is 29.3 Å². The first-order chi connectivity index (χ1) is 18.7. The Morgan fingerprint density at radius 1 is 1.21 bits per heavy atom. The molecule has 9 heteroatoms. The van der Waals surface area contributed by atoms with Gasteiger partial charge in [0.2, 0.25) is 5.60 Å². The second-order valence-corrected chi connectivity index (χ2v) is 10.5. The maximum Gasteiger partial charge on any atom is 0.269 e. The summed E-state index contributed by atoms with van der Waals surface area (Å²) in [4.78, 5) is 36.0. The molecule has 4 aromatic rings. The van der Waals surface area contributed by atoms with Crippen LogP contribution in [0.25, 0.3) is 28.0 Å². The lowest BCUT2D eigenvalue weighted by atomic mass is 9.86. The van der Waals surface area contributed by atoms with Crippen molar-refractivity contribution in [3.63, 3.8) is 0 Å². The number of carbonyl (C=O) groups excluding carboxylic acids is 2. The van der Waals surface area contributed by atoms with Crippen molar-refractivity contribution in [2.45, 2.75) is 38.0 Å². The normalized spacial score (nSPS) is 21.0. The molecule has 194 valence electrons. The first-order valence-electron chi connectivity index (χ1n) is 12.9. The topological polar surface area (TPSA) is 119 Å². The van der Waals surface area contributed by atoms with Crippen molar-refractivity contribution in [3.05, 3.63) is 76.9 Å². The van der Waals surface area contributed by atoms with Gasteiger partial charge in [0.15, 0.2) is 5.69 Å². The minimum absolute atomic E-state index is 0.0509. The molecule has 9 nitrogen and oxygen atoms in total. The Bertz CT molecular complexity index is 1830. The van der Waals surface area contributed by atoms with Crippen LogP contribution in [-0.4, -0.2) is 60.1 Å². The fourth-order valence-corrected chi connectivity index (χ4v) is 5.93. The molecule has 1 fully saturated rings. The number of fused-ring (bicyclic) bond motifs is 1. The molecule has 1 unspecified atom stereocenters. The molecule has 39 heavy (non-hydrogen) atoms. The Labute approximate surface area is 224 Å². The monoisotopic (exact) mass is 518 g/mol. The molecule has 5 heterocycles. The predicted molar refractivity (Wildman–Crippen MR) is 145 cm³/mol. The molecule has 4 aliphatic rings. The van der Waals surface area contributed by atoms with Gasteiger partial charge >= 0.3 is 0 Å². The van der Waals surface area contributed by atoms with E-state index in [1.807, 2.05) is 49.4 Å². The van der Waals surface area contributed by atoms with Gasteiger partial charge < -0.3 is 24.9 Å². The molecule has 8 rings (SSSR count). The van der Waals surface area contributed by atoms with Gasteiger partial charge in [-0.15, -0.1) is 0 Å². The summed E-state index contributed by atoms with van der Waals surface area (Å²) >= 11 is 0. The van der Waals surface area contributed by atoms with Crippen molar-refractivity contribution in [1.29, 1.82) is 0 Å². The molecule has 1 saturated heterocycles. The quantitative estimate of drug-likeness (QED) is 0.404. The summed E-state index contributed by atoms with van der Waals surface area (Å²) in [5, 5.41) is 10.8. The van der Waals surface area contributed by atoms with Crippen LogP contribution in [0.4, 0.5) is 0 Å². The largest absolute Gasteiger partial charge is 0.369 e. The Balaban J connectivity index is 1.36. The number of amides is 2. The average molecular weight is 519 g/mol. The number of benzene rings is 2. The van der Waals surface area contributed by atoms with E-state index in [0.29, 0.717) is 24.5 Å². The highest BCUT2D eigenvalue weighted by atomic mass is 16.3. The van der Waals surface area contributed by atoms with Crippen LogP contribution in [0.2, 0.25) is 0 Å². The standard InChI is InChI=1S/C30H26N6O3/c1-17-32-23-5-3-4-6-24(23)35(17)16-25-26(27(31)37)33-28-22-13-18(9-10-30(39)11-12-34(2)29(30)38)7-8-21(22)19-14-20(15-19)36(25)28/h3-8,13-14,20,39H,11-12,15-16H2,1-2H3,(H2,31,37)/t20?,30-/m0/s1. The number of primary amides is 1.